The largest absolute Gasteiger partial charge is 0.372 e. The average Bonchev–Trinajstić information content (AvgIpc) is 2.62. The highest BCUT2D eigenvalue weighted by atomic mass is 35.5. The van der Waals surface area contributed by atoms with E-state index in [1.807, 2.05) is 12.1 Å². The molecule has 0 aliphatic carbocycles. The molecule has 0 unspecified atom stereocenters. The first-order valence-electron chi connectivity index (χ1n) is 8.08. The summed E-state index contributed by atoms with van der Waals surface area (Å²) >= 11 is 12.3. The Bertz CT molecular complexity index is 762. The maximum absolute atomic E-state index is 12.5. The molecular weight excluding hydrogens is 361 g/mol. The van der Waals surface area contributed by atoms with Gasteiger partial charge in [-0.05, 0) is 31.0 Å². The van der Waals surface area contributed by atoms with Crippen molar-refractivity contribution in [3.63, 3.8) is 0 Å². The molecule has 1 aliphatic heterocycles. The molecule has 3 rings (SSSR count). The lowest BCUT2D eigenvalue weighted by molar-refractivity contribution is -0.120. The zero-order valence-corrected chi connectivity index (χ0v) is 15.3. The number of nitrogens with zero attached hydrogens (tertiary/aromatic N) is 3. The minimum atomic E-state index is -0.0542. The number of piperidine rings is 1. The molecule has 8 heteroatoms. The van der Waals surface area contributed by atoms with E-state index in [9.17, 15) is 4.79 Å². The Morgan fingerprint density at radius 2 is 2.00 bits per heavy atom. The van der Waals surface area contributed by atoms with Gasteiger partial charge in [-0.1, -0.05) is 23.2 Å². The molecule has 1 aliphatic rings. The van der Waals surface area contributed by atoms with Gasteiger partial charge in [-0.15, -0.1) is 0 Å². The maximum Gasteiger partial charge on any atom is 0.227 e. The van der Waals surface area contributed by atoms with Gasteiger partial charge in [0.15, 0.2) is 0 Å². The molecule has 2 aromatic heterocycles. The van der Waals surface area contributed by atoms with Gasteiger partial charge in [0.05, 0.1) is 21.9 Å². The van der Waals surface area contributed by atoms with Gasteiger partial charge < -0.3 is 15.5 Å². The number of halogens is 2. The Balaban J connectivity index is 1.58. The van der Waals surface area contributed by atoms with Crippen molar-refractivity contribution in [3.05, 3.63) is 40.6 Å². The molecule has 0 atom stereocenters. The number of carbonyl (C=O) groups is 1. The molecule has 2 N–H and O–H groups in total. The fourth-order valence-corrected chi connectivity index (χ4v) is 3.40. The highest BCUT2D eigenvalue weighted by Gasteiger charge is 2.26. The van der Waals surface area contributed by atoms with Crippen molar-refractivity contribution in [2.24, 2.45) is 5.92 Å². The Morgan fingerprint density at radius 1 is 1.24 bits per heavy atom. The average molecular weight is 380 g/mol. The van der Waals surface area contributed by atoms with Gasteiger partial charge in [-0.2, -0.15) is 0 Å². The summed E-state index contributed by atoms with van der Waals surface area (Å²) in [5.41, 5.74) is 0.601. The van der Waals surface area contributed by atoms with E-state index in [0.717, 1.165) is 31.7 Å². The van der Waals surface area contributed by atoms with E-state index < -0.39 is 0 Å². The van der Waals surface area contributed by atoms with Crippen molar-refractivity contribution >= 4 is 46.4 Å². The van der Waals surface area contributed by atoms with Gasteiger partial charge in [0, 0.05) is 32.3 Å². The second-order valence-corrected chi connectivity index (χ2v) is 6.68. The molecule has 0 saturated carbocycles. The standard InChI is InChI=1S/C17H19Cl2N5O/c1-20-15-14(19)9-12(10-22-15)23-17(25)11-4-7-24(8-5-11)16-13(18)3-2-6-21-16/h2-3,6,9-11H,4-5,7-8H2,1H3,(H,20,22)(H,23,25). The zero-order valence-electron chi connectivity index (χ0n) is 13.8. The van der Waals surface area contributed by atoms with Gasteiger partial charge >= 0.3 is 0 Å². The summed E-state index contributed by atoms with van der Waals surface area (Å²) in [6, 6.07) is 5.33. The van der Waals surface area contributed by atoms with Crippen LogP contribution >= 0.6 is 23.2 Å². The molecule has 1 amide bonds. The zero-order chi connectivity index (χ0) is 17.8. The minimum absolute atomic E-state index is 0.0122. The normalized spacial score (nSPS) is 15.1. The fourth-order valence-electron chi connectivity index (χ4n) is 2.90. The van der Waals surface area contributed by atoms with Crippen LogP contribution in [0.2, 0.25) is 10.0 Å². The van der Waals surface area contributed by atoms with Crippen LogP contribution in [0.1, 0.15) is 12.8 Å². The Hall–Kier alpha value is -2.05. The molecule has 25 heavy (non-hydrogen) atoms. The number of pyridine rings is 2. The number of anilines is 3. The van der Waals surface area contributed by atoms with Crippen molar-refractivity contribution < 1.29 is 4.79 Å². The van der Waals surface area contributed by atoms with Crippen LogP contribution in [0, 0.1) is 5.92 Å². The van der Waals surface area contributed by atoms with Crippen LogP contribution in [0.25, 0.3) is 0 Å². The first kappa shape index (κ1) is 17.8. The summed E-state index contributed by atoms with van der Waals surface area (Å²) in [5.74, 6) is 1.30. The first-order chi connectivity index (χ1) is 12.1. The van der Waals surface area contributed by atoms with Crippen LogP contribution in [0.15, 0.2) is 30.6 Å². The molecule has 0 spiro atoms. The first-order valence-corrected chi connectivity index (χ1v) is 8.83. The number of rotatable bonds is 4. The number of nitrogens with one attached hydrogen (secondary N) is 2. The van der Waals surface area contributed by atoms with Crippen LogP contribution in [0.4, 0.5) is 17.3 Å². The topological polar surface area (TPSA) is 70.2 Å². The third kappa shape index (κ3) is 4.14. The van der Waals surface area contributed by atoms with Crippen molar-refractivity contribution in [2.45, 2.75) is 12.8 Å². The van der Waals surface area contributed by atoms with Crippen molar-refractivity contribution in [1.82, 2.24) is 9.97 Å². The number of carbonyl (C=O) groups excluding carboxylic acids is 1. The van der Waals surface area contributed by atoms with Crippen molar-refractivity contribution in [1.29, 1.82) is 0 Å². The minimum Gasteiger partial charge on any atom is -0.372 e. The summed E-state index contributed by atoms with van der Waals surface area (Å²) in [5, 5.41) is 6.89. The van der Waals surface area contributed by atoms with Crippen LogP contribution in [-0.4, -0.2) is 36.0 Å². The highest BCUT2D eigenvalue weighted by molar-refractivity contribution is 6.33. The molecule has 2 aromatic rings. The smallest absolute Gasteiger partial charge is 0.227 e. The van der Waals surface area contributed by atoms with Crippen LogP contribution in [0.3, 0.4) is 0 Å². The fraction of sp³-hybridized carbons (Fsp3) is 0.353. The predicted molar refractivity (Wildman–Crippen MR) is 102 cm³/mol. The summed E-state index contributed by atoms with van der Waals surface area (Å²) in [6.07, 6.45) is 4.81. The number of hydrogen-bond acceptors (Lipinski definition) is 5. The third-order valence-electron chi connectivity index (χ3n) is 4.25. The summed E-state index contributed by atoms with van der Waals surface area (Å²) in [7, 11) is 1.74. The molecule has 6 nitrogen and oxygen atoms in total. The second kappa shape index (κ2) is 7.89. The summed E-state index contributed by atoms with van der Waals surface area (Å²) in [6.45, 7) is 1.49. The van der Waals surface area contributed by atoms with Crippen molar-refractivity contribution in [2.75, 3.05) is 35.7 Å². The summed E-state index contributed by atoms with van der Waals surface area (Å²) in [4.78, 5) is 23.1. The lowest BCUT2D eigenvalue weighted by Crippen LogP contribution is -2.38. The van der Waals surface area contributed by atoms with E-state index >= 15 is 0 Å². The molecule has 0 bridgehead atoms. The molecule has 132 valence electrons. The quantitative estimate of drug-likeness (QED) is 0.847. The predicted octanol–water partition coefficient (Wildman–Crippen LogP) is 3.68. The van der Waals surface area contributed by atoms with E-state index in [4.69, 9.17) is 23.2 Å². The Morgan fingerprint density at radius 3 is 2.64 bits per heavy atom. The molecule has 1 saturated heterocycles. The third-order valence-corrected chi connectivity index (χ3v) is 4.83. The van der Waals surface area contributed by atoms with Gasteiger partial charge in [-0.3, -0.25) is 4.79 Å². The SMILES string of the molecule is CNc1ncc(NC(=O)C2CCN(c3ncccc3Cl)CC2)cc1Cl. The van der Waals surface area contributed by atoms with Crippen LogP contribution < -0.4 is 15.5 Å². The molecule has 1 fully saturated rings. The molecule has 0 radical (unpaired) electrons. The highest BCUT2D eigenvalue weighted by Crippen LogP contribution is 2.28. The van der Waals surface area contributed by atoms with Gasteiger partial charge in [0.2, 0.25) is 5.91 Å². The monoisotopic (exact) mass is 379 g/mol. The maximum atomic E-state index is 12.5. The lowest BCUT2D eigenvalue weighted by atomic mass is 9.96. The molecular formula is C17H19Cl2N5O. The van der Waals surface area contributed by atoms with Gasteiger partial charge in [0.1, 0.15) is 11.6 Å². The van der Waals surface area contributed by atoms with Crippen molar-refractivity contribution in [3.8, 4) is 0 Å². The Labute approximate surface area is 156 Å². The Kier molecular flexibility index (Phi) is 5.60. The van der Waals surface area contributed by atoms with E-state index in [-0.39, 0.29) is 11.8 Å². The van der Waals surface area contributed by atoms with Crippen LogP contribution in [-0.2, 0) is 4.79 Å². The van der Waals surface area contributed by atoms with Gasteiger partial charge in [-0.25, -0.2) is 9.97 Å². The lowest BCUT2D eigenvalue weighted by Gasteiger charge is -2.32. The number of aromatic nitrogens is 2. The van der Waals surface area contributed by atoms with E-state index in [0.29, 0.717) is 21.6 Å². The van der Waals surface area contributed by atoms with E-state index in [1.54, 1.807) is 25.5 Å². The molecule has 3 heterocycles. The number of amides is 1. The van der Waals surface area contributed by atoms with Gasteiger partial charge in [0.25, 0.3) is 0 Å². The van der Waals surface area contributed by atoms with E-state index in [2.05, 4.69) is 25.5 Å². The van der Waals surface area contributed by atoms with Crippen LogP contribution in [0.5, 0.6) is 0 Å². The second-order valence-electron chi connectivity index (χ2n) is 5.86. The summed E-state index contributed by atoms with van der Waals surface area (Å²) < 4.78 is 0. The number of hydrogen-bond donors (Lipinski definition) is 2. The van der Waals surface area contributed by atoms with E-state index in [1.165, 1.54) is 0 Å². The molecule has 0 aromatic carbocycles.